The van der Waals surface area contributed by atoms with Crippen molar-refractivity contribution in [3.05, 3.63) is 85.1 Å². The Kier molecular flexibility index (Phi) is 42.2. The molecule has 4 N–H and O–H groups in total. The molecule has 1 fully saturated rings. The van der Waals surface area contributed by atoms with Crippen molar-refractivity contribution in [2.24, 2.45) is 0 Å². The topological polar surface area (TPSA) is 135 Å². The predicted molar refractivity (Wildman–Crippen MR) is 265 cm³/mol. The fraction of sp³-hybridized carbons (Fsp3) is 0.727. The molecule has 0 spiro atoms. The number of hydrogen-bond acceptors (Lipinski definition) is 9. The van der Waals surface area contributed by atoms with Gasteiger partial charge in [0, 0.05) is 13.0 Å². The second-order valence-electron chi connectivity index (χ2n) is 17.2. The molecule has 0 radical (unpaired) electrons. The fourth-order valence-electron chi connectivity index (χ4n) is 7.31. The van der Waals surface area contributed by atoms with Gasteiger partial charge in [-0.2, -0.15) is 0 Å². The highest BCUT2D eigenvalue weighted by Gasteiger charge is 2.44. The van der Waals surface area contributed by atoms with Crippen LogP contribution >= 0.6 is 0 Å². The molecular weight excluding hydrogens is 805 g/mol. The first-order valence-corrected chi connectivity index (χ1v) is 25.7. The average Bonchev–Trinajstić information content (AvgIpc) is 3.30. The maximum Gasteiger partial charge on any atom is 0.306 e. The van der Waals surface area contributed by atoms with Crippen molar-refractivity contribution in [1.29, 1.82) is 0 Å². The molecule has 1 rings (SSSR count). The Morgan fingerprint density at radius 3 is 1.44 bits per heavy atom. The molecule has 6 atom stereocenters. The standard InChI is InChI=1S/C55H94O9/c1-3-5-7-9-11-13-15-17-19-21-23-24-25-27-29-31-33-35-37-39-41-43-45-61-47-49(48-62-55-54(60)53(59)52(58)50(46-56)64-55)63-51(57)44-42-40-38-36-34-32-30-28-26-22-20-18-16-14-12-10-8-6-4-2/h5,7,11-14,17-20,23-24,27,29,49-50,52-56,58-60H,3-4,6,8-10,15-16,21-22,25-26,28,30-48H2,1-2H3/b7-5-,13-11-,14-12-,19-17-,20-18-,24-23-,29-27-. The van der Waals surface area contributed by atoms with E-state index in [2.05, 4.69) is 98.9 Å². The number of ether oxygens (including phenoxy) is 4. The summed E-state index contributed by atoms with van der Waals surface area (Å²) in [5, 5.41) is 40.3. The molecule has 6 unspecified atom stereocenters. The van der Waals surface area contributed by atoms with Gasteiger partial charge in [-0.25, -0.2) is 0 Å². The van der Waals surface area contributed by atoms with Crippen LogP contribution in [0, 0.1) is 0 Å². The number of aliphatic hydroxyl groups is 4. The van der Waals surface area contributed by atoms with Crippen molar-refractivity contribution < 1.29 is 44.2 Å². The number of rotatable bonds is 43. The van der Waals surface area contributed by atoms with Crippen LogP contribution in [-0.2, 0) is 23.7 Å². The van der Waals surface area contributed by atoms with Gasteiger partial charge in [0.25, 0.3) is 0 Å². The molecule has 1 aliphatic rings. The minimum Gasteiger partial charge on any atom is -0.457 e. The number of aliphatic hydroxyl groups excluding tert-OH is 4. The summed E-state index contributed by atoms with van der Waals surface area (Å²) in [5.41, 5.74) is 0. The summed E-state index contributed by atoms with van der Waals surface area (Å²) < 4.78 is 22.9. The quantitative estimate of drug-likeness (QED) is 0.0268. The van der Waals surface area contributed by atoms with E-state index in [4.69, 9.17) is 18.9 Å². The van der Waals surface area contributed by atoms with E-state index in [1.165, 1.54) is 89.9 Å². The Labute approximate surface area is 390 Å². The highest BCUT2D eigenvalue weighted by atomic mass is 16.7. The van der Waals surface area contributed by atoms with Crippen LogP contribution in [0.4, 0.5) is 0 Å². The van der Waals surface area contributed by atoms with E-state index in [1.807, 2.05) is 0 Å². The van der Waals surface area contributed by atoms with Crippen molar-refractivity contribution in [2.75, 3.05) is 26.4 Å². The molecule has 0 bridgehead atoms. The molecule has 1 heterocycles. The summed E-state index contributed by atoms with van der Waals surface area (Å²) in [5.74, 6) is -0.326. The Hall–Kier alpha value is -2.63. The minimum absolute atomic E-state index is 0.126. The summed E-state index contributed by atoms with van der Waals surface area (Å²) in [7, 11) is 0. The van der Waals surface area contributed by atoms with Crippen molar-refractivity contribution in [3.63, 3.8) is 0 Å². The Bertz CT molecular complexity index is 1250. The Morgan fingerprint density at radius 1 is 0.516 bits per heavy atom. The van der Waals surface area contributed by atoms with Gasteiger partial charge < -0.3 is 39.4 Å². The van der Waals surface area contributed by atoms with Gasteiger partial charge in [-0.15, -0.1) is 0 Å². The highest BCUT2D eigenvalue weighted by Crippen LogP contribution is 2.22. The number of esters is 1. The summed E-state index contributed by atoms with van der Waals surface area (Å²) in [6, 6.07) is 0. The second-order valence-corrected chi connectivity index (χ2v) is 17.2. The van der Waals surface area contributed by atoms with E-state index in [9.17, 15) is 25.2 Å². The molecule has 0 aromatic heterocycles. The molecule has 0 aliphatic carbocycles. The predicted octanol–water partition coefficient (Wildman–Crippen LogP) is 12.6. The zero-order valence-corrected chi connectivity index (χ0v) is 40.5. The maximum absolute atomic E-state index is 12.8. The molecule has 0 aromatic rings. The SMILES string of the molecule is CC/C=C\C/C=C\C/C=C\C/C=C\C/C=C\CCCCCCCCOCC(COC1OC(CO)C(O)C(O)C1O)OC(=O)CCCCCCCCCCC/C=C\C/C=C\CCCCC. The summed E-state index contributed by atoms with van der Waals surface area (Å²) in [4.78, 5) is 12.8. The van der Waals surface area contributed by atoms with Crippen LogP contribution in [-0.4, -0.2) is 89.6 Å². The van der Waals surface area contributed by atoms with Gasteiger partial charge in [-0.3, -0.25) is 4.79 Å². The first kappa shape index (κ1) is 59.4. The van der Waals surface area contributed by atoms with Crippen molar-refractivity contribution in [2.45, 2.75) is 230 Å². The first-order chi connectivity index (χ1) is 31.4. The van der Waals surface area contributed by atoms with Gasteiger partial charge in [-0.1, -0.05) is 182 Å². The zero-order valence-electron chi connectivity index (χ0n) is 40.5. The summed E-state index contributed by atoms with van der Waals surface area (Å²) in [6.45, 7) is 4.38. The molecule has 368 valence electrons. The van der Waals surface area contributed by atoms with Gasteiger partial charge in [0.15, 0.2) is 6.29 Å². The van der Waals surface area contributed by atoms with Crippen LogP contribution in [0.15, 0.2) is 85.1 Å². The molecule has 0 amide bonds. The van der Waals surface area contributed by atoms with Crippen LogP contribution < -0.4 is 0 Å². The van der Waals surface area contributed by atoms with E-state index < -0.39 is 43.4 Å². The van der Waals surface area contributed by atoms with Gasteiger partial charge in [-0.05, 0) is 89.9 Å². The smallest absolute Gasteiger partial charge is 0.306 e. The lowest BCUT2D eigenvalue weighted by Gasteiger charge is -2.39. The number of unbranched alkanes of at least 4 members (excludes halogenated alkanes) is 18. The molecule has 64 heavy (non-hydrogen) atoms. The van der Waals surface area contributed by atoms with Crippen LogP contribution in [0.2, 0.25) is 0 Å². The van der Waals surface area contributed by atoms with E-state index in [0.29, 0.717) is 13.0 Å². The zero-order chi connectivity index (χ0) is 46.4. The second kappa shape index (κ2) is 45.5. The van der Waals surface area contributed by atoms with Crippen LogP contribution in [0.3, 0.4) is 0 Å². The fourth-order valence-corrected chi connectivity index (χ4v) is 7.31. The van der Waals surface area contributed by atoms with E-state index in [1.54, 1.807) is 0 Å². The highest BCUT2D eigenvalue weighted by molar-refractivity contribution is 5.69. The van der Waals surface area contributed by atoms with Crippen molar-refractivity contribution >= 4 is 5.97 Å². The number of carbonyl (C=O) groups excluding carboxylic acids is 1. The number of carbonyl (C=O) groups is 1. The first-order valence-electron chi connectivity index (χ1n) is 25.7. The van der Waals surface area contributed by atoms with Crippen LogP contribution in [0.25, 0.3) is 0 Å². The van der Waals surface area contributed by atoms with Crippen molar-refractivity contribution in [1.82, 2.24) is 0 Å². The molecule has 0 aromatic carbocycles. The lowest BCUT2D eigenvalue weighted by Crippen LogP contribution is -2.59. The van der Waals surface area contributed by atoms with Gasteiger partial charge in [0.1, 0.15) is 30.5 Å². The number of hydrogen-bond donors (Lipinski definition) is 4. The summed E-state index contributed by atoms with van der Waals surface area (Å²) in [6.07, 6.45) is 54.6. The lowest BCUT2D eigenvalue weighted by atomic mass is 9.99. The minimum atomic E-state index is -1.55. The molecule has 1 aliphatic heterocycles. The Balaban J connectivity index is 2.23. The third kappa shape index (κ3) is 35.6. The molecule has 9 nitrogen and oxygen atoms in total. The summed E-state index contributed by atoms with van der Waals surface area (Å²) >= 11 is 0. The monoisotopic (exact) mass is 899 g/mol. The van der Waals surface area contributed by atoms with E-state index >= 15 is 0 Å². The van der Waals surface area contributed by atoms with Crippen LogP contribution in [0.5, 0.6) is 0 Å². The van der Waals surface area contributed by atoms with Crippen LogP contribution in [0.1, 0.15) is 194 Å². The third-order valence-electron chi connectivity index (χ3n) is 11.3. The average molecular weight is 899 g/mol. The Morgan fingerprint density at radius 2 is 0.953 bits per heavy atom. The maximum atomic E-state index is 12.8. The molecule has 1 saturated heterocycles. The normalized spacial score (nSPS) is 20.2. The van der Waals surface area contributed by atoms with E-state index in [-0.39, 0.29) is 19.2 Å². The molecular formula is C55H94O9. The van der Waals surface area contributed by atoms with Gasteiger partial charge in [0.2, 0.25) is 0 Å². The van der Waals surface area contributed by atoms with Crippen molar-refractivity contribution in [3.8, 4) is 0 Å². The third-order valence-corrected chi connectivity index (χ3v) is 11.3. The van der Waals surface area contributed by atoms with Gasteiger partial charge in [0.05, 0.1) is 19.8 Å². The molecule has 9 heteroatoms. The lowest BCUT2D eigenvalue weighted by molar-refractivity contribution is -0.305. The largest absolute Gasteiger partial charge is 0.457 e. The number of allylic oxidation sites excluding steroid dienone is 14. The van der Waals surface area contributed by atoms with Gasteiger partial charge >= 0.3 is 5.97 Å². The van der Waals surface area contributed by atoms with E-state index in [0.717, 1.165) is 83.5 Å². The molecule has 0 saturated carbocycles.